The van der Waals surface area contributed by atoms with Gasteiger partial charge >= 0.3 is 0 Å². The van der Waals surface area contributed by atoms with Crippen molar-refractivity contribution >= 4 is 46.1 Å². The van der Waals surface area contributed by atoms with Crippen molar-refractivity contribution in [1.82, 2.24) is 4.98 Å². The average molecular weight is 294 g/mol. The second-order valence-corrected chi connectivity index (χ2v) is 5.24. The molecule has 0 bridgehead atoms. The molecule has 16 heavy (non-hydrogen) atoms. The normalized spacial score (nSPS) is 12.8. The molecular formula is C10H7Cl3N2S. The Bertz CT molecular complexity index is 499. The van der Waals surface area contributed by atoms with Crippen LogP contribution in [-0.4, -0.2) is 4.98 Å². The van der Waals surface area contributed by atoms with Crippen LogP contribution in [0.15, 0.2) is 23.7 Å². The third kappa shape index (κ3) is 2.19. The number of hydrogen-bond donors (Lipinski definition) is 1. The number of thiophene rings is 1. The van der Waals surface area contributed by atoms with E-state index in [0.717, 1.165) is 4.88 Å². The predicted molar refractivity (Wildman–Crippen MR) is 69.6 cm³/mol. The maximum absolute atomic E-state index is 6.09. The lowest BCUT2D eigenvalue weighted by Crippen LogP contribution is -2.12. The second kappa shape index (κ2) is 4.90. The lowest BCUT2D eigenvalue weighted by molar-refractivity contribution is 0.890. The Morgan fingerprint density at radius 2 is 2.06 bits per heavy atom. The van der Waals surface area contributed by atoms with Gasteiger partial charge < -0.3 is 5.73 Å². The van der Waals surface area contributed by atoms with Crippen molar-refractivity contribution in [3.05, 3.63) is 49.3 Å². The summed E-state index contributed by atoms with van der Waals surface area (Å²) >= 11 is 19.5. The van der Waals surface area contributed by atoms with Gasteiger partial charge in [0.2, 0.25) is 0 Å². The molecule has 1 atom stereocenters. The first-order valence-electron chi connectivity index (χ1n) is 4.39. The van der Waals surface area contributed by atoms with Crippen LogP contribution >= 0.6 is 46.1 Å². The number of nitrogens with zero attached hydrogens (tertiary/aromatic N) is 1. The van der Waals surface area contributed by atoms with Gasteiger partial charge in [-0.3, -0.25) is 0 Å². The number of halogens is 3. The molecule has 0 radical (unpaired) electrons. The van der Waals surface area contributed by atoms with E-state index in [4.69, 9.17) is 40.5 Å². The summed E-state index contributed by atoms with van der Waals surface area (Å²) in [7, 11) is 0. The largest absolute Gasteiger partial charge is 0.320 e. The first kappa shape index (κ1) is 12.1. The van der Waals surface area contributed by atoms with Crippen molar-refractivity contribution in [3.63, 3.8) is 0 Å². The van der Waals surface area contributed by atoms with E-state index >= 15 is 0 Å². The third-order valence-corrected chi connectivity index (χ3v) is 4.15. The van der Waals surface area contributed by atoms with Crippen molar-refractivity contribution in [2.45, 2.75) is 6.04 Å². The summed E-state index contributed by atoms with van der Waals surface area (Å²) in [6, 6.07) is 3.47. The van der Waals surface area contributed by atoms with Crippen molar-refractivity contribution in [3.8, 4) is 0 Å². The van der Waals surface area contributed by atoms with Gasteiger partial charge in [-0.1, -0.05) is 40.9 Å². The average Bonchev–Trinajstić information content (AvgIpc) is 2.77. The molecule has 2 nitrogen and oxygen atoms in total. The van der Waals surface area contributed by atoms with Crippen LogP contribution in [-0.2, 0) is 0 Å². The molecule has 0 fully saturated rings. The summed E-state index contributed by atoms with van der Waals surface area (Å²) in [5.41, 5.74) is 6.70. The van der Waals surface area contributed by atoms with Crippen molar-refractivity contribution in [2.75, 3.05) is 0 Å². The zero-order valence-electron chi connectivity index (χ0n) is 7.95. The van der Waals surface area contributed by atoms with E-state index in [1.54, 1.807) is 11.3 Å². The molecular weight excluding hydrogens is 287 g/mol. The second-order valence-electron chi connectivity index (χ2n) is 3.12. The predicted octanol–water partition coefficient (Wildman–Crippen LogP) is 4.15. The van der Waals surface area contributed by atoms with E-state index in [9.17, 15) is 0 Å². The van der Waals surface area contributed by atoms with Gasteiger partial charge in [0.1, 0.15) is 5.15 Å². The van der Waals surface area contributed by atoms with Gasteiger partial charge in [-0.15, -0.1) is 11.3 Å². The fraction of sp³-hybridized carbons (Fsp3) is 0.100. The maximum atomic E-state index is 6.09. The Hall–Kier alpha value is -0.320. The van der Waals surface area contributed by atoms with Gasteiger partial charge in [0.05, 0.1) is 16.1 Å². The molecule has 0 saturated heterocycles. The van der Waals surface area contributed by atoms with Crippen molar-refractivity contribution in [1.29, 1.82) is 0 Å². The van der Waals surface area contributed by atoms with Crippen LogP contribution in [0.2, 0.25) is 15.2 Å². The Labute approximate surface area is 112 Å². The number of nitrogens with two attached hydrogens (primary N) is 1. The molecule has 0 aliphatic rings. The van der Waals surface area contributed by atoms with E-state index in [2.05, 4.69) is 4.98 Å². The number of hydrogen-bond acceptors (Lipinski definition) is 3. The Balaban J connectivity index is 2.52. The van der Waals surface area contributed by atoms with E-state index in [1.165, 1.54) is 6.20 Å². The molecule has 2 aromatic rings. The molecule has 0 aromatic carbocycles. The van der Waals surface area contributed by atoms with Crippen LogP contribution in [0.5, 0.6) is 0 Å². The van der Waals surface area contributed by atoms with Crippen LogP contribution in [0.4, 0.5) is 0 Å². The lowest BCUT2D eigenvalue weighted by Gasteiger charge is -2.14. The number of rotatable bonds is 2. The van der Waals surface area contributed by atoms with Crippen LogP contribution in [0, 0.1) is 0 Å². The van der Waals surface area contributed by atoms with E-state index in [1.807, 2.05) is 17.5 Å². The molecule has 0 aliphatic carbocycles. The smallest absolute Gasteiger partial charge is 0.148 e. The monoisotopic (exact) mass is 292 g/mol. The van der Waals surface area contributed by atoms with Crippen LogP contribution in [0.1, 0.15) is 16.5 Å². The summed E-state index contributed by atoms with van der Waals surface area (Å²) in [6.45, 7) is 0. The van der Waals surface area contributed by atoms with Gasteiger partial charge in [0.25, 0.3) is 0 Å². The SMILES string of the molecule is N[C@H](c1cccs1)c1c(Cl)cnc(Cl)c1Cl. The summed E-state index contributed by atoms with van der Waals surface area (Å²) < 4.78 is 0. The summed E-state index contributed by atoms with van der Waals surface area (Å²) in [4.78, 5) is 4.83. The highest BCUT2D eigenvalue weighted by atomic mass is 35.5. The van der Waals surface area contributed by atoms with E-state index < -0.39 is 0 Å². The molecule has 2 rings (SSSR count). The molecule has 2 heterocycles. The minimum Gasteiger partial charge on any atom is -0.320 e. The zero-order valence-corrected chi connectivity index (χ0v) is 11.0. The van der Waals surface area contributed by atoms with Gasteiger partial charge in [0, 0.05) is 16.6 Å². The first-order chi connectivity index (χ1) is 7.61. The fourth-order valence-corrected chi connectivity index (χ4v) is 2.81. The first-order valence-corrected chi connectivity index (χ1v) is 6.41. The minimum atomic E-state index is -0.375. The van der Waals surface area contributed by atoms with Gasteiger partial charge in [-0.25, -0.2) is 4.98 Å². The third-order valence-electron chi connectivity index (χ3n) is 2.13. The van der Waals surface area contributed by atoms with Crippen LogP contribution in [0.3, 0.4) is 0 Å². The Morgan fingerprint density at radius 3 is 2.69 bits per heavy atom. The lowest BCUT2D eigenvalue weighted by atomic mass is 10.1. The quantitative estimate of drug-likeness (QED) is 0.845. The fourth-order valence-electron chi connectivity index (χ4n) is 1.35. The standard InChI is InChI=1S/C10H7Cl3N2S/c11-5-4-15-10(13)8(12)7(5)9(14)6-2-1-3-16-6/h1-4,9H,14H2/t9-/m1/s1. The van der Waals surface area contributed by atoms with Crippen LogP contribution in [0.25, 0.3) is 0 Å². The molecule has 0 aliphatic heterocycles. The van der Waals surface area contributed by atoms with Crippen molar-refractivity contribution < 1.29 is 0 Å². The van der Waals surface area contributed by atoms with Gasteiger partial charge in [-0.05, 0) is 11.4 Å². The molecule has 0 amide bonds. The molecule has 6 heteroatoms. The molecule has 84 valence electrons. The molecule has 0 unspecified atom stereocenters. The highest BCUT2D eigenvalue weighted by molar-refractivity contribution is 7.10. The molecule has 2 aromatic heterocycles. The highest BCUT2D eigenvalue weighted by Crippen LogP contribution is 2.36. The van der Waals surface area contributed by atoms with Gasteiger partial charge in [0.15, 0.2) is 0 Å². The highest BCUT2D eigenvalue weighted by Gasteiger charge is 2.19. The number of aromatic nitrogens is 1. The molecule has 0 spiro atoms. The molecule has 0 saturated carbocycles. The Kier molecular flexibility index (Phi) is 3.72. The maximum Gasteiger partial charge on any atom is 0.148 e. The number of pyridine rings is 1. The summed E-state index contributed by atoms with van der Waals surface area (Å²) in [5, 5.41) is 2.90. The summed E-state index contributed by atoms with van der Waals surface area (Å²) in [5.74, 6) is 0. The zero-order chi connectivity index (χ0) is 11.7. The minimum absolute atomic E-state index is 0.216. The molecule has 2 N–H and O–H groups in total. The van der Waals surface area contributed by atoms with E-state index in [-0.39, 0.29) is 11.2 Å². The van der Waals surface area contributed by atoms with Crippen LogP contribution < -0.4 is 5.73 Å². The van der Waals surface area contributed by atoms with Crippen molar-refractivity contribution in [2.24, 2.45) is 5.73 Å². The Morgan fingerprint density at radius 1 is 1.31 bits per heavy atom. The summed E-state index contributed by atoms with van der Waals surface area (Å²) in [6.07, 6.45) is 1.46. The van der Waals surface area contributed by atoms with E-state index in [0.29, 0.717) is 15.6 Å². The van der Waals surface area contributed by atoms with Gasteiger partial charge in [-0.2, -0.15) is 0 Å². The topological polar surface area (TPSA) is 38.9 Å².